The summed E-state index contributed by atoms with van der Waals surface area (Å²) in [6.45, 7) is 0. The second-order valence-electron chi connectivity index (χ2n) is 15.0. The zero-order valence-corrected chi connectivity index (χ0v) is 32.1. The summed E-state index contributed by atoms with van der Waals surface area (Å²) in [7, 11) is -2.95. The molecule has 268 valence electrons. The lowest BCUT2D eigenvalue weighted by Gasteiger charge is -2.34. The third kappa shape index (κ3) is 4.55. The molecule has 4 nitrogen and oxygen atoms in total. The number of hydrogen-bond donors (Lipinski definition) is 0. The van der Waals surface area contributed by atoms with Crippen LogP contribution in [0.4, 0.5) is 0 Å². The van der Waals surface area contributed by atoms with Crippen LogP contribution in [0.2, 0.25) is 0 Å². The van der Waals surface area contributed by atoms with Gasteiger partial charge in [-0.05, 0) is 93.5 Å². The van der Waals surface area contributed by atoms with E-state index >= 15 is 0 Å². The van der Waals surface area contributed by atoms with Crippen molar-refractivity contribution in [2.45, 2.75) is 0 Å². The Labute approximate surface area is 330 Å². The normalized spacial score (nSPS) is 12.2. The number of para-hydroxylation sites is 6. The van der Waals surface area contributed by atoms with Crippen molar-refractivity contribution in [3.8, 4) is 11.4 Å². The predicted molar refractivity (Wildman–Crippen MR) is 241 cm³/mol. The van der Waals surface area contributed by atoms with Gasteiger partial charge in [0.25, 0.3) is 0 Å². The SMILES string of the molecule is c1ccc(-n2c3ccccc3n3c4cc([Si](c5ccccc5)(c5ccccc5)c5cccc(-n6c7ccccc7n7c8ccccc8cc67)c5)ccc4cc23)cc1. The third-order valence-electron chi connectivity index (χ3n) is 12.1. The fraction of sp³-hybridized carbons (Fsp3) is 0. The average molecular weight is 745 g/mol. The largest absolute Gasteiger partial charge is 0.294 e. The van der Waals surface area contributed by atoms with E-state index in [9.17, 15) is 0 Å². The highest BCUT2D eigenvalue weighted by Crippen LogP contribution is 2.33. The zero-order chi connectivity index (χ0) is 37.5. The van der Waals surface area contributed by atoms with E-state index in [1.807, 2.05) is 0 Å². The fourth-order valence-corrected chi connectivity index (χ4v) is 14.5. The van der Waals surface area contributed by atoms with E-state index in [0.717, 1.165) is 22.7 Å². The van der Waals surface area contributed by atoms with Crippen LogP contribution in [0.5, 0.6) is 0 Å². The van der Waals surface area contributed by atoms with Crippen LogP contribution in [-0.2, 0) is 0 Å². The first-order chi connectivity index (χ1) is 28.3. The summed E-state index contributed by atoms with van der Waals surface area (Å²) in [4.78, 5) is 0. The first-order valence-corrected chi connectivity index (χ1v) is 21.6. The van der Waals surface area contributed by atoms with Gasteiger partial charge in [-0.1, -0.05) is 146 Å². The molecule has 0 aliphatic heterocycles. The van der Waals surface area contributed by atoms with E-state index in [-0.39, 0.29) is 0 Å². The van der Waals surface area contributed by atoms with Gasteiger partial charge in [-0.25, -0.2) is 0 Å². The van der Waals surface area contributed by atoms with E-state index in [1.165, 1.54) is 64.6 Å². The molecule has 0 unspecified atom stereocenters. The Morgan fingerprint density at radius 3 is 1.33 bits per heavy atom. The number of imidazole rings is 2. The maximum absolute atomic E-state index is 2.95. The van der Waals surface area contributed by atoms with Crippen molar-refractivity contribution in [3.05, 3.63) is 218 Å². The molecule has 0 saturated heterocycles. The van der Waals surface area contributed by atoms with Crippen LogP contribution in [0.3, 0.4) is 0 Å². The number of benzene rings is 8. The molecule has 8 aromatic carbocycles. The van der Waals surface area contributed by atoms with Crippen molar-refractivity contribution in [3.63, 3.8) is 0 Å². The second kappa shape index (κ2) is 12.3. The molecule has 0 amide bonds. The molecule has 0 saturated carbocycles. The summed E-state index contributed by atoms with van der Waals surface area (Å²) in [6, 6.07) is 80.9. The molecule has 0 spiro atoms. The third-order valence-corrected chi connectivity index (χ3v) is 16.8. The van der Waals surface area contributed by atoms with Crippen LogP contribution in [0.15, 0.2) is 218 Å². The number of fused-ring (bicyclic) bond motifs is 10. The molecule has 4 aromatic heterocycles. The summed E-state index contributed by atoms with van der Waals surface area (Å²) in [5.41, 5.74) is 11.8. The molecule has 4 heterocycles. The van der Waals surface area contributed by atoms with Crippen molar-refractivity contribution in [1.29, 1.82) is 0 Å². The van der Waals surface area contributed by atoms with Gasteiger partial charge in [0, 0.05) is 22.1 Å². The lowest BCUT2D eigenvalue weighted by molar-refractivity contribution is 1.15. The van der Waals surface area contributed by atoms with Crippen LogP contribution in [0.25, 0.3) is 66.5 Å². The molecular formula is C52H36N4Si. The minimum absolute atomic E-state index is 1.15. The summed E-state index contributed by atoms with van der Waals surface area (Å²) in [5, 5.41) is 7.84. The maximum Gasteiger partial charge on any atom is 0.179 e. The Hall–Kier alpha value is -7.34. The minimum Gasteiger partial charge on any atom is -0.294 e. The second-order valence-corrected chi connectivity index (χ2v) is 18.8. The quantitative estimate of drug-likeness (QED) is 0.119. The average Bonchev–Trinajstić information content (AvgIpc) is 4.01. The Morgan fingerprint density at radius 2 is 0.702 bits per heavy atom. The number of hydrogen-bond acceptors (Lipinski definition) is 0. The molecule has 0 N–H and O–H groups in total. The van der Waals surface area contributed by atoms with Crippen molar-refractivity contribution < 1.29 is 0 Å². The molecule has 0 radical (unpaired) electrons. The monoisotopic (exact) mass is 744 g/mol. The molecule has 12 aromatic rings. The molecule has 0 atom stereocenters. The molecule has 0 bridgehead atoms. The highest BCUT2D eigenvalue weighted by molar-refractivity contribution is 7.20. The Bertz CT molecular complexity index is 3420. The first kappa shape index (κ1) is 32.0. The highest BCUT2D eigenvalue weighted by Gasteiger charge is 2.42. The lowest BCUT2D eigenvalue weighted by Crippen LogP contribution is -2.74. The molecule has 57 heavy (non-hydrogen) atoms. The summed E-state index contributed by atoms with van der Waals surface area (Å²) in [6.07, 6.45) is 0. The van der Waals surface area contributed by atoms with E-state index < -0.39 is 8.07 Å². The van der Waals surface area contributed by atoms with Gasteiger partial charge in [-0.15, -0.1) is 0 Å². The van der Waals surface area contributed by atoms with Gasteiger partial charge in [-0.3, -0.25) is 17.9 Å². The number of rotatable bonds is 6. The molecular weight excluding hydrogens is 709 g/mol. The number of nitrogens with zero attached hydrogens (tertiary/aromatic N) is 4. The van der Waals surface area contributed by atoms with Crippen LogP contribution < -0.4 is 20.7 Å². The first-order valence-electron chi connectivity index (χ1n) is 19.6. The van der Waals surface area contributed by atoms with E-state index in [1.54, 1.807) is 0 Å². The van der Waals surface area contributed by atoms with Gasteiger partial charge in [0.1, 0.15) is 11.3 Å². The van der Waals surface area contributed by atoms with Gasteiger partial charge < -0.3 is 0 Å². The van der Waals surface area contributed by atoms with Gasteiger partial charge in [0.15, 0.2) is 8.07 Å². The predicted octanol–water partition coefficient (Wildman–Crippen LogP) is 9.76. The summed E-state index contributed by atoms with van der Waals surface area (Å²) >= 11 is 0. The van der Waals surface area contributed by atoms with Crippen LogP contribution >= 0.6 is 0 Å². The van der Waals surface area contributed by atoms with Crippen LogP contribution in [0.1, 0.15) is 0 Å². The molecule has 12 rings (SSSR count). The molecule has 5 heteroatoms. The topological polar surface area (TPSA) is 18.7 Å². The molecule has 0 aliphatic rings. The van der Waals surface area contributed by atoms with Crippen LogP contribution in [-0.4, -0.2) is 26.0 Å². The summed E-state index contributed by atoms with van der Waals surface area (Å²) < 4.78 is 9.72. The molecule has 0 fully saturated rings. The van der Waals surface area contributed by atoms with Crippen molar-refractivity contribution in [1.82, 2.24) is 17.9 Å². The van der Waals surface area contributed by atoms with Crippen molar-refractivity contribution in [2.24, 2.45) is 0 Å². The van der Waals surface area contributed by atoms with Gasteiger partial charge in [0.2, 0.25) is 0 Å². The van der Waals surface area contributed by atoms with Gasteiger partial charge in [0.05, 0.1) is 33.1 Å². The molecule has 0 aliphatic carbocycles. The van der Waals surface area contributed by atoms with Gasteiger partial charge >= 0.3 is 0 Å². The zero-order valence-electron chi connectivity index (χ0n) is 31.1. The number of aromatic nitrogens is 4. The summed E-state index contributed by atoms with van der Waals surface area (Å²) in [5.74, 6) is 0. The van der Waals surface area contributed by atoms with Crippen molar-refractivity contribution >= 4 is 84.0 Å². The van der Waals surface area contributed by atoms with E-state index in [4.69, 9.17) is 0 Å². The smallest absolute Gasteiger partial charge is 0.179 e. The van der Waals surface area contributed by atoms with Crippen LogP contribution in [0, 0.1) is 0 Å². The lowest BCUT2D eigenvalue weighted by atomic mass is 10.2. The van der Waals surface area contributed by atoms with E-state index in [0.29, 0.717) is 0 Å². The maximum atomic E-state index is 2.51. The Kier molecular flexibility index (Phi) is 6.91. The fourth-order valence-electron chi connectivity index (χ4n) is 9.70. The minimum atomic E-state index is -2.95. The van der Waals surface area contributed by atoms with Gasteiger partial charge in [-0.2, -0.15) is 0 Å². The standard InChI is InChI=1S/C52H36N4Si/c1-4-18-39(19-5-1)53-46-27-12-15-30-49(46)56-50-36-44(32-31-38(50)34-51(53)56)57(41-21-6-2-7-22-41,42-23-8-3-9-24-42)43-25-16-20-40(35-43)54-47-28-13-14-29-48(47)55-45-26-11-10-17-37(45)33-52(54)55/h1-36H. The Balaban J connectivity index is 1.17. The Morgan fingerprint density at radius 1 is 0.263 bits per heavy atom. The van der Waals surface area contributed by atoms with Crippen molar-refractivity contribution in [2.75, 3.05) is 0 Å². The van der Waals surface area contributed by atoms with E-state index in [2.05, 4.69) is 236 Å². The highest BCUT2D eigenvalue weighted by atomic mass is 28.3.